The molecule has 3 rings (SSSR count). The third kappa shape index (κ3) is 1.99. The van der Waals surface area contributed by atoms with Crippen molar-refractivity contribution in [3.05, 3.63) is 60.7 Å². The van der Waals surface area contributed by atoms with Gasteiger partial charge in [0.1, 0.15) is 0 Å². The zero-order valence-corrected chi connectivity index (χ0v) is 11.6. The van der Waals surface area contributed by atoms with Gasteiger partial charge in [0.2, 0.25) is 0 Å². The molecule has 0 N–H and O–H groups in total. The number of ether oxygens (including phenoxy) is 2. The first-order valence-electron chi connectivity index (χ1n) is 6.54. The lowest BCUT2D eigenvalue weighted by atomic mass is 9.96. The summed E-state index contributed by atoms with van der Waals surface area (Å²) in [6.07, 6.45) is 0. The maximum atomic E-state index is 5.60. The largest absolute Gasteiger partial charge is 0.493 e. The van der Waals surface area contributed by atoms with Gasteiger partial charge in [0.15, 0.2) is 11.5 Å². The summed E-state index contributed by atoms with van der Waals surface area (Å²) >= 11 is 0. The molecule has 0 atom stereocenters. The Kier molecular flexibility index (Phi) is 3.30. The van der Waals surface area contributed by atoms with E-state index in [4.69, 9.17) is 9.47 Å². The highest BCUT2D eigenvalue weighted by Gasteiger charge is 2.15. The van der Waals surface area contributed by atoms with Crippen molar-refractivity contribution in [1.82, 2.24) is 0 Å². The molecule has 0 spiro atoms. The van der Waals surface area contributed by atoms with Gasteiger partial charge in [-0.2, -0.15) is 0 Å². The normalized spacial score (nSPS) is 10.5. The first-order chi connectivity index (χ1) is 9.85. The van der Waals surface area contributed by atoms with E-state index in [0.717, 1.165) is 33.4 Å². The molecule has 20 heavy (non-hydrogen) atoms. The summed E-state index contributed by atoms with van der Waals surface area (Å²) in [6, 6.07) is 20.5. The second kappa shape index (κ2) is 5.25. The Morgan fingerprint density at radius 3 is 2.15 bits per heavy atom. The van der Waals surface area contributed by atoms with Crippen molar-refractivity contribution in [2.75, 3.05) is 14.2 Å². The molecule has 0 aliphatic rings. The Morgan fingerprint density at radius 1 is 0.750 bits per heavy atom. The minimum atomic E-state index is 0.755. The molecule has 0 radical (unpaired) electrons. The molecule has 100 valence electrons. The average molecular weight is 264 g/mol. The quantitative estimate of drug-likeness (QED) is 0.692. The summed E-state index contributed by atoms with van der Waals surface area (Å²) in [7, 11) is 3.35. The lowest BCUT2D eigenvalue weighted by Crippen LogP contribution is -1.94. The van der Waals surface area contributed by atoms with Crippen LogP contribution < -0.4 is 9.47 Å². The standard InChI is InChI=1S/C18H16O2/c1-19-16-12-14-10-6-7-11-15(14)17(18(16)20-2)13-8-4-3-5-9-13/h3-12H,1-2H3. The van der Waals surface area contributed by atoms with E-state index < -0.39 is 0 Å². The number of benzene rings is 3. The Bertz CT molecular complexity index is 733. The van der Waals surface area contributed by atoms with Crippen LogP contribution in [0.5, 0.6) is 11.5 Å². The lowest BCUT2D eigenvalue weighted by molar-refractivity contribution is 0.357. The summed E-state index contributed by atoms with van der Waals surface area (Å²) < 4.78 is 11.1. The van der Waals surface area contributed by atoms with Gasteiger partial charge in [0.25, 0.3) is 0 Å². The second-order valence-corrected chi connectivity index (χ2v) is 4.57. The second-order valence-electron chi connectivity index (χ2n) is 4.57. The molecule has 0 saturated heterocycles. The molecule has 0 fully saturated rings. The topological polar surface area (TPSA) is 18.5 Å². The average Bonchev–Trinajstić information content (AvgIpc) is 2.53. The molecule has 0 heterocycles. The van der Waals surface area contributed by atoms with Crippen LogP contribution in [0.25, 0.3) is 21.9 Å². The molecule has 0 amide bonds. The predicted molar refractivity (Wildman–Crippen MR) is 82.5 cm³/mol. The zero-order valence-electron chi connectivity index (χ0n) is 11.6. The van der Waals surface area contributed by atoms with Gasteiger partial charge in [-0.05, 0) is 22.4 Å². The summed E-state index contributed by atoms with van der Waals surface area (Å²) in [4.78, 5) is 0. The number of methoxy groups -OCH3 is 2. The van der Waals surface area contributed by atoms with Gasteiger partial charge < -0.3 is 9.47 Å². The summed E-state index contributed by atoms with van der Waals surface area (Å²) in [5.74, 6) is 1.53. The van der Waals surface area contributed by atoms with Crippen molar-refractivity contribution < 1.29 is 9.47 Å². The number of hydrogen-bond acceptors (Lipinski definition) is 2. The molecule has 3 aromatic rings. The van der Waals surface area contributed by atoms with Gasteiger partial charge >= 0.3 is 0 Å². The van der Waals surface area contributed by atoms with Gasteiger partial charge in [-0.1, -0.05) is 54.6 Å². The fourth-order valence-electron chi connectivity index (χ4n) is 2.55. The SMILES string of the molecule is COc1cc2ccccc2c(-c2ccccc2)c1OC. The monoisotopic (exact) mass is 264 g/mol. The fourth-order valence-corrected chi connectivity index (χ4v) is 2.55. The maximum absolute atomic E-state index is 5.60. The van der Waals surface area contributed by atoms with Crippen molar-refractivity contribution in [3.8, 4) is 22.6 Å². The third-order valence-corrected chi connectivity index (χ3v) is 3.45. The molecular formula is C18H16O2. The van der Waals surface area contributed by atoms with Gasteiger partial charge in [0, 0.05) is 5.56 Å². The fraction of sp³-hybridized carbons (Fsp3) is 0.111. The minimum Gasteiger partial charge on any atom is -0.493 e. The van der Waals surface area contributed by atoms with Gasteiger partial charge in [-0.3, -0.25) is 0 Å². The Morgan fingerprint density at radius 2 is 1.45 bits per heavy atom. The highest BCUT2D eigenvalue weighted by Crippen LogP contribution is 2.43. The molecule has 0 aromatic heterocycles. The Hall–Kier alpha value is -2.48. The lowest BCUT2D eigenvalue weighted by Gasteiger charge is -2.16. The van der Waals surface area contributed by atoms with E-state index in [1.165, 1.54) is 0 Å². The first-order valence-corrected chi connectivity index (χ1v) is 6.54. The van der Waals surface area contributed by atoms with Crippen molar-refractivity contribution in [2.24, 2.45) is 0 Å². The van der Waals surface area contributed by atoms with Crippen molar-refractivity contribution in [2.45, 2.75) is 0 Å². The van der Waals surface area contributed by atoms with Crippen LogP contribution in [0.3, 0.4) is 0 Å². The van der Waals surface area contributed by atoms with E-state index in [1.54, 1.807) is 14.2 Å². The van der Waals surface area contributed by atoms with Crippen LogP contribution in [0.4, 0.5) is 0 Å². The summed E-state index contributed by atoms with van der Waals surface area (Å²) in [5.41, 5.74) is 2.20. The van der Waals surface area contributed by atoms with Gasteiger partial charge in [-0.25, -0.2) is 0 Å². The number of fused-ring (bicyclic) bond motifs is 1. The van der Waals surface area contributed by atoms with Crippen molar-refractivity contribution in [1.29, 1.82) is 0 Å². The van der Waals surface area contributed by atoms with Crippen LogP contribution in [0.2, 0.25) is 0 Å². The van der Waals surface area contributed by atoms with Crippen LogP contribution >= 0.6 is 0 Å². The number of rotatable bonds is 3. The van der Waals surface area contributed by atoms with Gasteiger partial charge in [0.05, 0.1) is 14.2 Å². The smallest absolute Gasteiger partial charge is 0.169 e. The molecule has 2 nitrogen and oxygen atoms in total. The summed E-state index contributed by atoms with van der Waals surface area (Å²) in [6.45, 7) is 0. The van der Waals surface area contributed by atoms with Crippen molar-refractivity contribution in [3.63, 3.8) is 0 Å². The van der Waals surface area contributed by atoms with Crippen LogP contribution in [0.15, 0.2) is 60.7 Å². The van der Waals surface area contributed by atoms with E-state index >= 15 is 0 Å². The van der Waals surface area contributed by atoms with Gasteiger partial charge in [-0.15, -0.1) is 0 Å². The Balaban J connectivity index is 2.43. The Labute approximate surface area is 118 Å². The predicted octanol–water partition coefficient (Wildman–Crippen LogP) is 4.52. The summed E-state index contributed by atoms with van der Waals surface area (Å²) in [5, 5.41) is 2.31. The highest BCUT2D eigenvalue weighted by molar-refractivity contribution is 6.01. The van der Waals surface area contributed by atoms with Crippen LogP contribution in [-0.4, -0.2) is 14.2 Å². The van der Waals surface area contributed by atoms with Crippen LogP contribution in [0.1, 0.15) is 0 Å². The van der Waals surface area contributed by atoms with E-state index in [9.17, 15) is 0 Å². The first kappa shape index (κ1) is 12.5. The van der Waals surface area contributed by atoms with E-state index in [1.807, 2.05) is 36.4 Å². The molecule has 2 heteroatoms. The van der Waals surface area contributed by atoms with E-state index in [-0.39, 0.29) is 0 Å². The molecule has 0 aliphatic carbocycles. The van der Waals surface area contributed by atoms with Crippen LogP contribution in [-0.2, 0) is 0 Å². The molecule has 3 aromatic carbocycles. The third-order valence-electron chi connectivity index (χ3n) is 3.45. The zero-order chi connectivity index (χ0) is 13.9. The minimum absolute atomic E-state index is 0.755. The molecular weight excluding hydrogens is 248 g/mol. The van der Waals surface area contributed by atoms with Crippen LogP contribution in [0, 0.1) is 0 Å². The highest BCUT2D eigenvalue weighted by atomic mass is 16.5. The number of hydrogen-bond donors (Lipinski definition) is 0. The molecule has 0 bridgehead atoms. The van der Waals surface area contributed by atoms with E-state index in [2.05, 4.69) is 24.3 Å². The molecule has 0 saturated carbocycles. The molecule has 0 unspecified atom stereocenters. The maximum Gasteiger partial charge on any atom is 0.169 e. The molecule has 0 aliphatic heterocycles. The van der Waals surface area contributed by atoms with E-state index in [0.29, 0.717) is 0 Å². The van der Waals surface area contributed by atoms with Crippen molar-refractivity contribution >= 4 is 10.8 Å².